The minimum absolute atomic E-state index is 0.0179. The summed E-state index contributed by atoms with van der Waals surface area (Å²) in [5, 5.41) is 0.567. The maximum atomic E-state index is 12.5. The molecule has 0 spiro atoms. The number of hydrogen-bond acceptors (Lipinski definition) is 4. The number of nitrogens with zero attached hydrogens (tertiary/aromatic N) is 1. The number of carbonyl (C=O) groups is 2. The lowest BCUT2D eigenvalue weighted by molar-refractivity contribution is -0.0314. The van der Waals surface area contributed by atoms with Crippen molar-refractivity contribution in [2.75, 3.05) is 26.3 Å². The molecular weight excluding hydrogens is 332 g/mol. The molecule has 1 N–H and O–H groups in total. The maximum Gasteiger partial charge on any atom is 0.409 e. The van der Waals surface area contributed by atoms with Gasteiger partial charge in [-0.3, -0.25) is 4.79 Å². The van der Waals surface area contributed by atoms with Crippen LogP contribution in [0.2, 0.25) is 5.02 Å². The van der Waals surface area contributed by atoms with Gasteiger partial charge in [-0.05, 0) is 39.2 Å². The van der Waals surface area contributed by atoms with Crippen molar-refractivity contribution in [3.8, 4) is 0 Å². The third kappa shape index (κ3) is 4.51. The van der Waals surface area contributed by atoms with Gasteiger partial charge in [0, 0.05) is 25.3 Å². The molecule has 7 heteroatoms. The Morgan fingerprint density at radius 3 is 2.71 bits per heavy atom. The molecule has 1 aromatic heterocycles. The Kier molecular flexibility index (Phi) is 6.69. The lowest BCUT2D eigenvalue weighted by Crippen LogP contribution is -2.48. The predicted octanol–water partition coefficient (Wildman–Crippen LogP) is 3.43. The number of ketones is 1. The van der Waals surface area contributed by atoms with Crippen LogP contribution in [0.3, 0.4) is 0 Å². The molecule has 0 saturated carbocycles. The van der Waals surface area contributed by atoms with E-state index < -0.39 is 0 Å². The summed E-state index contributed by atoms with van der Waals surface area (Å²) in [6, 6.07) is 1.67. The van der Waals surface area contributed by atoms with Crippen LogP contribution in [0, 0.1) is 12.8 Å². The Balaban J connectivity index is 2.01. The van der Waals surface area contributed by atoms with Gasteiger partial charge in [-0.25, -0.2) is 4.79 Å². The number of rotatable bonds is 6. The monoisotopic (exact) mass is 356 g/mol. The van der Waals surface area contributed by atoms with Gasteiger partial charge in [0.1, 0.15) is 0 Å². The number of H-pyrrole nitrogens is 1. The smallest absolute Gasteiger partial charge is 0.409 e. The van der Waals surface area contributed by atoms with Crippen molar-refractivity contribution in [2.24, 2.45) is 5.92 Å². The first-order valence-corrected chi connectivity index (χ1v) is 8.75. The zero-order chi connectivity index (χ0) is 17.7. The molecule has 0 aromatic carbocycles. The van der Waals surface area contributed by atoms with Crippen molar-refractivity contribution in [1.82, 2.24) is 9.88 Å². The quantitative estimate of drug-likeness (QED) is 0.792. The standard InChI is InChI=1S/C17H25ClN2O4/c1-4-23-16-10-20(17(22)24-5-2)7-6-12(16)8-15(21)14-9-13(18)11(3)19-14/h9,12,16,19H,4-8,10H2,1-3H3/t12-,16-/m0/s1. The topological polar surface area (TPSA) is 71.6 Å². The van der Waals surface area contributed by atoms with Crippen LogP contribution in [0.25, 0.3) is 0 Å². The summed E-state index contributed by atoms with van der Waals surface area (Å²) in [5.74, 6) is 0.0924. The lowest BCUT2D eigenvalue weighted by atomic mass is 9.88. The fourth-order valence-corrected chi connectivity index (χ4v) is 3.17. The molecule has 1 aliphatic heterocycles. The highest BCUT2D eigenvalue weighted by molar-refractivity contribution is 6.31. The van der Waals surface area contributed by atoms with Gasteiger partial charge in [-0.1, -0.05) is 11.6 Å². The van der Waals surface area contributed by atoms with E-state index in [-0.39, 0.29) is 23.9 Å². The zero-order valence-corrected chi connectivity index (χ0v) is 15.2. The summed E-state index contributed by atoms with van der Waals surface area (Å²) in [5.41, 5.74) is 1.32. The molecule has 6 nitrogen and oxygen atoms in total. The van der Waals surface area contributed by atoms with Gasteiger partial charge in [-0.2, -0.15) is 0 Å². The summed E-state index contributed by atoms with van der Waals surface area (Å²) in [6.45, 7) is 7.45. The van der Waals surface area contributed by atoms with Crippen molar-refractivity contribution >= 4 is 23.5 Å². The van der Waals surface area contributed by atoms with Gasteiger partial charge in [0.2, 0.25) is 0 Å². The summed E-state index contributed by atoms with van der Waals surface area (Å²) < 4.78 is 10.8. The van der Waals surface area contributed by atoms with Gasteiger partial charge >= 0.3 is 6.09 Å². The number of piperidine rings is 1. The summed E-state index contributed by atoms with van der Waals surface area (Å²) in [7, 11) is 0. The lowest BCUT2D eigenvalue weighted by Gasteiger charge is -2.37. The molecule has 1 aliphatic rings. The molecular formula is C17H25ClN2O4. The maximum absolute atomic E-state index is 12.5. The van der Waals surface area contributed by atoms with Gasteiger partial charge in [0.25, 0.3) is 0 Å². The Morgan fingerprint density at radius 2 is 2.12 bits per heavy atom. The van der Waals surface area contributed by atoms with E-state index in [1.165, 1.54) is 0 Å². The number of ether oxygens (including phenoxy) is 2. The highest BCUT2D eigenvalue weighted by Crippen LogP contribution is 2.27. The molecule has 1 fully saturated rings. The Morgan fingerprint density at radius 1 is 1.38 bits per heavy atom. The normalized spacial score (nSPS) is 20.9. The number of likely N-dealkylation sites (tertiary alicyclic amines) is 1. The number of amides is 1. The molecule has 134 valence electrons. The predicted molar refractivity (Wildman–Crippen MR) is 91.6 cm³/mol. The van der Waals surface area contributed by atoms with E-state index in [1.807, 2.05) is 13.8 Å². The number of halogens is 1. The highest BCUT2D eigenvalue weighted by Gasteiger charge is 2.34. The fraction of sp³-hybridized carbons (Fsp3) is 0.647. The van der Waals surface area contributed by atoms with E-state index in [0.717, 1.165) is 5.69 Å². The average molecular weight is 357 g/mol. The van der Waals surface area contributed by atoms with Crippen LogP contribution in [-0.4, -0.2) is 54.2 Å². The third-order valence-electron chi connectivity index (χ3n) is 4.30. The number of aromatic amines is 1. The minimum Gasteiger partial charge on any atom is -0.450 e. The van der Waals surface area contributed by atoms with E-state index in [2.05, 4.69) is 4.98 Å². The molecule has 2 atom stereocenters. The second-order valence-corrected chi connectivity index (χ2v) is 6.38. The SMILES string of the molecule is CCOC(=O)N1CC[C@@H](CC(=O)c2cc(Cl)c(C)[nH]2)[C@@H](OCC)C1. The van der Waals surface area contributed by atoms with E-state index >= 15 is 0 Å². The number of aromatic nitrogens is 1. The molecule has 0 radical (unpaired) electrons. The van der Waals surface area contributed by atoms with E-state index in [0.29, 0.717) is 49.9 Å². The fourth-order valence-electron chi connectivity index (χ4n) is 3.01. The van der Waals surface area contributed by atoms with Crippen LogP contribution >= 0.6 is 11.6 Å². The van der Waals surface area contributed by atoms with Gasteiger partial charge in [0.05, 0.1) is 30.0 Å². The largest absolute Gasteiger partial charge is 0.450 e. The molecule has 2 heterocycles. The molecule has 1 saturated heterocycles. The summed E-state index contributed by atoms with van der Waals surface area (Å²) >= 11 is 6.01. The zero-order valence-electron chi connectivity index (χ0n) is 14.4. The number of hydrogen-bond donors (Lipinski definition) is 1. The van der Waals surface area contributed by atoms with Crippen molar-refractivity contribution in [3.05, 3.63) is 22.5 Å². The van der Waals surface area contributed by atoms with Gasteiger partial charge in [-0.15, -0.1) is 0 Å². The molecule has 2 rings (SSSR count). The van der Waals surface area contributed by atoms with Crippen LogP contribution in [0.1, 0.15) is 42.9 Å². The van der Waals surface area contributed by atoms with E-state index in [4.69, 9.17) is 21.1 Å². The Hall–Kier alpha value is -1.53. The van der Waals surface area contributed by atoms with Crippen LogP contribution in [0.15, 0.2) is 6.07 Å². The van der Waals surface area contributed by atoms with Gasteiger partial charge < -0.3 is 19.4 Å². The second kappa shape index (κ2) is 8.53. The van der Waals surface area contributed by atoms with Gasteiger partial charge in [0.15, 0.2) is 5.78 Å². The molecule has 1 aromatic rings. The van der Waals surface area contributed by atoms with Crippen LogP contribution < -0.4 is 0 Å². The first kappa shape index (κ1) is 18.8. The molecule has 0 aliphatic carbocycles. The van der Waals surface area contributed by atoms with E-state index in [1.54, 1.807) is 17.9 Å². The molecule has 1 amide bonds. The Labute approximate surface area is 147 Å². The number of nitrogens with one attached hydrogen (secondary N) is 1. The van der Waals surface area contributed by atoms with E-state index in [9.17, 15) is 9.59 Å². The number of aryl methyl sites for hydroxylation is 1. The second-order valence-electron chi connectivity index (χ2n) is 5.97. The van der Waals surface area contributed by atoms with Crippen LogP contribution in [0.4, 0.5) is 4.79 Å². The first-order valence-electron chi connectivity index (χ1n) is 8.37. The summed E-state index contributed by atoms with van der Waals surface area (Å²) in [4.78, 5) is 29.1. The molecule has 0 bridgehead atoms. The number of Topliss-reactive ketones (excluding diaryl/α,β-unsaturated/α-hetero) is 1. The number of carbonyl (C=O) groups excluding carboxylic acids is 2. The molecule has 24 heavy (non-hydrogen) atoms. The van der Waals surface area contributed by atoms with Crippen molar-refractivity contribution in [3.63, 3.8) is 0 Å². The van der Waals surface area contributed by atoms with Crippen molar-refractivity contribution in [2.45, 2.75) is 39.7 Å². The van der Waals surface area contributed by atoms with Crippen molar-refractivity contribution in [1.29, 1.82) is 0 Å². The Bertz CT molecular complexity index is 568. The van der Waals surface area contributed by atoms with Crippen LogP contribution in [-0.2, 0) is 9.47 Å². The third-order valence-corrected chi connectivity index (χ3v) is 4.69. The van der Waals surface area contributed by atoms with Crippen LogP contribution in [0.5, 0.6) is 0 Å². The molecule has 0 unspecified atom stereocenters. The minimum atomic E-state index is -0.321. The average Bonchev–Trinajstić information content (AvgIpc) is 2.89. The van der Waals surface area contributed by atoms with Crippen molar-refractivity contribution < 1.29 is 19.1 Å². The first-order chi connectivity index (χ1) is 11.5. The highest BCUT2D eigenvalue weighted by atomic mass is 35.5. The summed E-state index contributed by atoms with van der Waals surface area (Å²) in [6.07, 6.45) is 0.600.